The van der Waals surface area contributed by atoms with Gasteiger partial charge in [-0.2, -0.15) is 0 Å². The van der Waals surface area contributed by atoms with Crippen molar-refractivity contribution < 1.29 is 5.21 Å². The third-order valence-corrected chi connectivity index (χ3v) is 4.32. The number of piperazine rings is 1. The van der Waals surface area contributed by atoms with Crippen molar-refractivity contribution in [2.24, 2.45) is 10.9 Å². The molecule has 1 heterocycles. The van der Waals surface area contributed by atoms with Crippen LogP contribution in [0.3, 0.4) is 0 Å². The molecule has 0 aromatic heterocycles. The Kier molecular flexibility index (Phi) is 4.49. The zero-order chi connectivity index (χ0) is 14.7. The first-order valence-electron chi connectivity index (χ1n) is 7.07. The van der Waals surface area contributed by atoms with E-state index in [4.69, 9.17) is 10.9 Å². The zero-order valence-electron chi connectivity index (χ0n) is 12.5. The third kappa shape index (κ3) is 2.88. The fourth-order valence-corrected chi connectivity index (χ4v) is 2.70. The van der Waals surface area contributed by atoms with E-state index in [1.54, 1.807) is 0 Å². The van der Waals surface area contributed by atoms with Gasteiger partial charge in [0.05, 0.1) is 6.04 Å². The number of hydrogen-bond acceptors (Lipinski definition) is 4. The van der Waals surface area contributed by atoms with Gasteiger partial charge in [0.2, 0.25) is 0 Å². The maximum Gasteiger partial charge on any atom is 0.156 e. The summed E-state index contributed by atoms with van der Waals surface area (Å²) in [5.41, 5.74) is 9.68. The largest absolute Gasteiger partial charge is 0.409 e. The zero-order valence-corrected chi connectivity index (χ0v) is 12.5. The lowest BCUT2D eigenvalue weighted by molar-refractivity contribution is 0.230. The number of benzene rings is 1. The second-order valence-corrected chi connectivity index (χ2v) is 5.44. The first kappa shape index (κ1) is 14.7. The van der Waals surface area contributed by atoms with E-state index in [1.807, 2.05) is 6.92 Å². The van der Waals surface area contributed by atoms with Crippen LogP contribution in [0, 0.1) is 13.8 Å². The van der Waals surface area contributed by atoms with Crippen LogP contribution in [0.25, 0.3) is 0 Å². The molecule has 1 atom stereocenters. The lowest BCUT2D eigenvalue weighted by Crippen LogP contribution is -2.53. The van der Waals surface area contributed by atoms with Crippen LogP contribution in [-0.2, 0) is 0 Å². The number of anilines is 1. The van der Waals surface area contributed by atoms with E-state index in [0.29, 0.717) is 0 Å². The summed E-state index contributed by atoms with van der Waals surface area (Å²) in [4.78, 5) is 4.66. The van der Waals surface area contributed by atoms with Gasteiger partial charge < -0.3 is 15.8 Å². The molecule has 0 saturated carbocycles. The lowest BCUT2D eigenvalue weighted by Gasteiger charge is -2.39. The molecule has 0 amide bonds. The van der Waals surface area contributed by atoms with Crippen molar-refractivity contribution in [1.82, 2.24) is 4.90 Å². The molecule has 1 aromatic carbocycles. The van der Waals surface area contributed by atoms with Crippen molar-refractivity contribution in [3.63, 3.8) is 0 Å². The molecule has 1 unspecified atom stereocenters. The standard InChI is InChI=1S/C15H24N4O/c1-11-5-4-6-14(12(11)2)19-9-7-18(8-10-19)13(3)15(16)17-20/h4-6,13,20H,7-10H2,1-3H3,(H2,16,17). The Balaban J connectivity index is 2.03. The van der Waals surface area contributed by atoms with Crippen molar-refractivity contribution in [2.75, 3.05) is 31.1 Å². The molecule has 5 nitrogen and oxygen atoms in total. The highest BCUT2D eigenvalue weighted by atomic mass is 16.4. The maximum atomic E-state index is 8.76. The van der Waals surface area contributed by atoms with Crippen LogP contribution in [0.1, 0.15) is 18.1 Å². The summed E-state index contributed by atoms with van der Waals surface area (Å²) in [7, 11) is 0. The molecule has 1 fully saturated rings. The van der Waals surface area contributed by atoms with E-state index in [0.717, 1.165) is 26.2 Å². The third-order valence-electron chi connectivity index (χ3n) is 4.32. The van der Waals surface area contributed by atoms with Crippen LogP contribution in [0.2, 0.25) is 0 Å². The van der Waals surface area contributed by atoms with Gasteiger partial charge in [0.15, 0.2) is 5.84 Å². The van der Waals surface area contributed by atoms with Crippen LogP contribution in [0.4, 0.5) is 5.69 Å². The minimum atomic E-state index is -0.0132. The van der Waals surface area contributed by atoms with Crippen molar-refractivity contribution in [1.29, 1.82) is 0 Å². The molecule has 1 aromatic rings. The SMILES string of the molecule is Cc1cccc(N2CCN(C(C)C(N)=NO)CC2)c1C. The lowest BCUT2D eigenvalue weighted by atomic mass is 10.1. The van der Waals surface area contributed by atoms with Crippen molar-refractivity contribution in [2.45, 2.75) is 26.8 Å². The molecular formula is C15H24N4O. The van der Waals surface area contributed by atoms with Gasteiger partial charge in [-0.25, -0.2) is 0 Å². The predicted octanol–water partition coefficient (Wildman–Crippen LogP) is 1.56. The highest BCUT2D eigenvalue weighted by Crippen LogP contribution is 2.24. The van der Waals surface area contributed by atoms with Crippen molar-refractivity contribution in [3.05, 3.63) is 29.3 Å². The summed E-state index contributed by atoms with van der Waals surface area (Å²) < 4.78 is 0. The summed E-state index contributed by atoms with van der Waals surface area (Å²) in [5.74, 6) is 0.283. The van der Waals surface area contributed by atoms with Crippen LogP contribution in [0.15, 0.2) is 23.4 Å². The number of nitrogens with two attached hydrogens (primary N) is 1. The average molecular weight is 276 g/mol. The van der Waals surface area contributed by atoms with Gasteiger partial charge in [0.25, 0.3) is 0 Å². The average Bonchev–Trinajstić information content (AvgIpc) is 2.48. The number of hydrogen-bond donors (Lipinski definition) is 2. The number of amidine groups is 1. The molecule has 1 saturated heterocycles. The minimum absolute atomic E-state index is 0.0132. The number of rotatable bonds is 3. The van der Waals surface area contributed by atoms with E-state index in [-0.39, 0.29) is 11.9 Å². The first-order chi connectivity index (χ1) is 9.54. The fourth-order valence-electron chi connectivity index (χ4n) is 2.70. The summed E-state index contributed by atoms with van der Waals surface area (Å²) >= 11 is 0. The molecule has 20 heavy (non-hydrogen) atoms. The van der Waals surface area contributed by atoms with Gasteiger partial charge in [0.1, 0.15) is 0 Å². The Morgan fingerprint density at radius 1 is 1.25 bits per heavy atom. The molecule has 1 aliphatic heterocycles. The second-order valence-electron chi connectivity index (χ2n) is 5.44. The van der Waals surface area contributed by atoms with Crippen LogP contribution >= 0.6 is 0 Å². The Bertz CT molecular complexity index is 493. The Labute approximate surface area is 120 Å². The van der Waals surface area contributed by atoms with Crippen LogP contribution < -0.4 is 10.6 Å². The Hall–Kier alpha value is -1.75. The number of aryl methyl sites for hydroxylation is 1. The van der Waals surface area contributed by atoms with Crippen molar-refractivity contribution >= 4 is 11.5 Å². The molecule has 0 radical (unpaired) electrons. The Morgan fingerprint density at radius 3 is 2.50 bits per heavy atom. The van der Waals surface area contributed by atoms with E-state index in [1.165, 1.54) is 16.8 Å². The molecule has 0 spiro atoms. The summed E-state index contributed by atoms with van der Waals surface area (Å²) in [6, 6.07) is 6.43. The van der Waals surface area contributed by atoms with Gasteiger partial charge >= 0.3 is 0 Å². The predicted molar refractivity (Wildman–Crippen MR) is 82.6 cm³/mol. The fraction of sp³-hybridized carbons (Fsp3) is 0.533. The molecule has 1 aliphatic rings. The van der Waals surface area contributed by atoms with Gasteiger partial charge in [-0.05, 0) is 38.0 Å². The van der Waals surface area contributed by atoms with E-state index in [9.17, 15) is 0 Å². The van der Waals surface area contributed by atoms with Crippen molar-refractivity contribution in [3.8, 4) is 0 Å². The van der Waals surface area contributed by atoms with E-state index >= 15 is 0 Å². The van der Waals surface area contributed by atoms with Gasteiger partial charge in [-0.15, -0.1) is 0 Å². The molecule has 5 heteroatoms. The van der Waals surface area contributed by atoms with Gasteiger partial charge in [-0.3, -0.25) is 4.90 Å². The maximum absolute atomic E-state index is 8.76. The second kappa shape index (κ2) is 6.13. The number of oxime groups is 1. The monoisotopic (exact) mass is 276 g/mol. The normalized spacial score (nSPS) is 19.1. The first-order valence-corrected chi connectivity index (χ1v) is 7.07. The summed E-state index contributed by atoms with van der Waals surface area (Å²) in [5, 5.41) is 11.9. The highest BCUT2D eigenvalue weighted by Gasteiger charge is 2.24. The topological polar surface area (TPSA) is 65.1 Å². The van der Waals surface area contributed by atoms with Gasteiger partial charge in [0, 0.05) is 31.9 Å². The smallest absolute Gasteiger partial charge is 0.156 e. The molecule has 110 valence electrons. The molecule has 2 rings (SSSR count). The Morgan fingerprint density at radius 2 is 1.90 bits per heavy atom. The highest BCUT2D eigenvalue weighted by molar-refractivity contribution is 5.84. The van der Waals surface area contributed by atoms with Gasteiger partial charge in [-0.1, -0.05) is 17.3 Å². The summed E-state index contributed by atoms with van der Waals surface area (Å²) in [6.45, 7) is 10.1. The van der Waals surface area contributed by atoms with Crippen LogP contribution in [0.5, 0.6) is 0 Å². The molecule has 3 N–H and O–H groups in total. The molecule has 0 aliphatic carbocycles. The van der Waals surface area contributed by atoms with E-state index in [2.05, 4.69) is 47.0 Å². The molecular weight excluding hydrogens is 252 g/mol. The quantitative estimate of drug-likeness (QED) is 0.380. The molecule has 0 bridgehead atoms. The minimum Gasteiger partial charge on any atom is -0.409 e. The summed E-state index contributed by atoms with van der Waals surface area (Å²) in [6.07, 6.45) is 0. The van der Waals surface area contributed by atoms with Crippen LogP contribution in [-0.4, -0.2) is 48.2 Å². The number of nitrogens with zero attached hydrogens (tertiary/aromatic N) is 3. The van der Waals surface area contributed by atoms with E-state index < -0.39 is 0 Å².